The van der Waals surface area contributed by atoms with Crippen LogP contribution in [0.1, 0.15) is 5.56 Å². The van der Waals surface area contributed by atoms with E-state index in [1.807, 2.05) is 37.4 Å². The number of aromatic nitrogens is 3. The highest BCUT2D eigenvalue weighted by Gasteiger charge is 2.10. The summed E-state index contributed by atoms with van der Waals surface area (Å²) in [5.41, 5.74) is 9.89. The maximum absolute atomic E-state index is 6.21. The molecule has 0 unspecified atom stereocenters. The fourth-order valence-electron chi connectivity index (χ4n) is 2.26. The topological polar surface area (TPSA) is 66.0 Å². The van der Waals surface area contributed by atoms with Gasteiger partial charge in [-0.1, -0.05) is 16.8 Å². The number of ether oxygens (including phenoxy) is 1. The number of rotatable bonds is 3. The van der Waals surface area contributed by atoms with Crippen molar-refractivity contribution < 1.29 is 4.74 Å². The monoisotopic (exact) mass is 314 g/mol. The van der Waals surface area contributed by atoms with E-state index in [1.165, 1.54) is 0 Å². The van der Waals surface area contributed by atoms with Gasteiger partial charge < -0.3 is 10.5 Å². The molecule has 0 saturated carbocycles. The molecule has 1 aromatic heterocycles. The standard InChI is InChI=1S/C16H15ClN4O/c1-10-7-12(22-2)4-5-13(10)15-9-21(20-19-15)16-6-3-11(18)8-14(16)17/h3-9H,18H2,1-2H3. The molecule has 0 amide bonds. The maximum atomic E-state index is 6.21. The molecule has 0 radical (unpaired) electrons. The Balaban J connectivity index is 2.00. The lowest BCUT2D eigenvalue weighted by Crippen LogP contribution is -1.96. The van der Waals surface area contributed by atoms with Gasteiger partial charge in [-0.25, -0.2) is 4.68 Å². The van der Waals surface area contributed by atoms with E-state index in [0.717, 1.165) is 28.3 Å². The first-order valence-corrected chi connectivity index (χ1v) is 7.09. The van der Waals surface area contributed by atoms with Crippen LogP contribution in [-0.4, -0.2) is 22.1 Å². The van der Waals surface area contributed by atoms with Gasteiger partial charge in [-0.3, -0.25) is 0 Å². The largest absolute Gasteiger partial charge is 0.497 e. The van der Waals surface area contributed by atoms with Crippen molar-refractivity contribution in [2.45, 2.75) is 6.92 Å². The molecule has 0 spiro atoms. The number of methoxy groups -OCH3 is 1. The van der Waals surface area contributed by atoms with Crippen molar-refractivity contribution >= 4 is 17.3 Å². The molecule has 5 nitrogen and oxygen atoms in total. The highest BCUT2D eigenvalue weighted by molar-refractivity contribution is 6.32. The molecule has 0 aliphatic rings. The lowest BCUT2D eigenvalue weighted by atomic mass is 10.1. The van der Waals surface area contributed by atoms with Crippen LogP contribution in [0.3, 0.4) is 0 Å². The molecule has 3 aromatic rings. The molecule has 0 fully saturated rings. The van der Waals surface area contributed by atoms with Gasteiger partial charge in [0.15, 0.2) is 0 Å². The minimum Gasteiger partial charge on any atom is -0.497 e. The molecule has 0 bridgehead atoms. The summed E-state index contributed by atoms with van der Waals surface area (Å²) in [6, 6.07) is 11.1. The van der Waals surface area contributed by atoms with Gasteiger partial charge in [0.2, 0.25) is 0 Å². The first kappa shape index (κ1) is 14.4. The molecular weight excluding hydrogens is 300 g/mol. The molecule has 0 atom stereocenters. The Labute approximate surface area is 133 Å². The summed E-state index contributed by atoms with van der Waals surface area (Å²) in [4.78, 5) is 0. The number of nitrogens with zero attached hydrogens (tertiary/aromatic N) is 3. The van der Waals surface area contributed by atoms with Crippen molar-refractivity contribution in [1.82, 2.24) is 15.0 Å². The smallest absolute Gasteiger partial charge is 0.119 e. The van der Waals surface area contributed by atoms with Gasteiger partial charge in [0.1, 0.15) is 11.4 Å². The molecule has 2 aromatic carbocycles. The van der Waals surface area contributed by atoms with Crippen LogP contribution in [0, 0.1) is 6.92 Å². The van der Waals surface area contributed by atoms with Crippen molar-refractivity contribution in [3.63, 3.8) is 0 Å². The molecule has 22 heavy (non-hydrogen) atoms. The van der Waals surface area contributed by atoms with Crippen LogP contribution in [0.5, 0.6) is 5.75 Å². The summed E-state index contributed by atoms with van der Waals surface area (Å²) in [7, 11) is 1.65. The summed E-state index contributed by atoms with van der Waals surface area (Å²) >= 11 is 6.21. The average molecular weight is 315 g/mol. The number of nitrogen functional groups attached to an aromatic ring is 1. The molecule has 1 heterocycles. The van der Waals surface area contributed by atoms with Gasteiger partial charge in [-0.2, -0.15) is 0 Å². The Hall–Kier alpha value is -2.53. The fourth-order valence-corrected chi connectivity index (χ4v) is 2.54. The Kier molecular flexibility index (Phi) is 3.73. The van der Waals surface area contributed by atoms with Gasteiger partial charge in [0, 0.05) is 11.3 Å². The Morgan fingerprint density at radius 2 is 2.00 bits per heavy atom. The second-order valence-corrected chi connectivity index (χ2v) is 5.35. The molecule has 112 valence electrons. The molecule has 3 rings (SSSR count). The van der Waals surface area contributed by atoms with Crippen LogP contribution in [0.4, 0.5) is 5.69 Å². The second kappa shape index (κ2) is 5.69. The van der Waals surface area contributed by atoms with Gasteiger partial charge >= 0.3 is 0 Å². The predicted octanol–water partition coefficient (Wildman–Crippen LogP) is 3.49. The number of hydrogen-bond acceptors (Lipinski definition) is 4. The summed E-state index contributed by atoms with van der Waals surface area (Å²) in [5, 5.41) is 8.90. The van der Waals surface area contributed by atoms with Gasteiger partial charge in [0.25, 0.3) is 0 Å². The third-order valence-electron chi connectivity index (χ3n) is 3.42. The Morgan fingerprint density at radius 3 is 2.68 bits per heavy atom. The van der Waals surface area contributed by atoms with E-state index in [4.69, 9.17) is 22.1 Å². The van der Waals surface area contributed by atoms with E-state index >= 15 is 0 Å². The number of anilines is 1. The van der Waals surface area contributed by atoms with Crippen LogP contribution in [0.15, 0.2) is 42.6 Å². The molecule has 0 aliphatic carbocycles. The van der Waals surface area contributed by atoms with E-state index < -0.39 is 0 Å². The van der Waals surface area contributed by atoms with E-state index in [1.54, 1.807) is 23.9 Å². The first-order valence-electron chi connectivity index (χ1n) is 6.71. The average Bonchev–Trinajstić information content (AvgIpc) is 2.96. The van der Waals surface area contributed by atoms with Crippen molar-refractivity contribution in [3.05, 3.63) is 53.2 Å². The first-order chi connectivity index (χ1) is 10.6. The van der Waals surface area contributed by atoms with E-state index in [0.29, 0.717) is 10.7 Å². The highest BCUT2D eigenvalue weighted by atomic mass is 35.5. The minimum absolute atomic E-state index is 0.530. The van der Waals surface area contributed by atoms with Crippen LogP contribution in [0.2, 0.25) is 5.02 Å². The minimum atomic E-state index is 0.530. The zero-order valence-electron chi connectivity index (χ0n) is 12.2. The quantitative estimate of drug-likeness (QED) is 0.752. The van der Waals surface area contributed by atoms with E-state index in [9.17, 15) is 0 Å². The van der Waals surface area contributed by atoms with E-state index in [2.05, 4.69) is 10.3 Å². The third kappa shape index (κ3) is 2.63. The van der Waals surface area contributed by atoms with Crippen LogP contribution in [-0.2, 0) is 0 Å². The molecule has 6 heteroatoms. The Bertz CT molecular complexity index is 829. The second-order valence-electron chi connectivity index (χ2n) is 4.94. The normalized spacial score (nSPS) is 10.7. The van der Waals surface area contributed by atoms with Crippen molar-refractivity contribution in [2.75, 3.05) is 12.8 Å². The number of benzene rings is 2. The number of hydrogen-bond donors (Lipinski definition) is 1. The van der Waals surface area contributed by atoms with Crippen molar-refractivity contribution in [1.29, 1.82) is 0 Å². The van der Waals surface area contributed by atoms with Gasteiger partial charge in [-0.15, -0.1) is 5.10 Å². The molecular formula is C16H15ClN4O. The van der Waals surface area contributed by atoms with Crippen LogP contribution in [0.25, 0.3) is 16.9 Å². The zero-order chi connectivity index (χ0) is 15.7. The van der Waals surface area contributed by atoms with Gasteiger partial charge in [-0.05, 0) is 48.9 Å². The Morgan fingerprint density at radius 1 is 1.18 bits per heavy atom. The summed E-state index contributed by atoms with van der Waals surface area (Å²) in [6.07, 6.45) is 1.84. The van der Waals surface area contributed by atoms with Crippen LogP contribution < -0.4 is 10.5 Å². The predicted molar refractivity (Wildman–Crippen MR) is 87.5 cm³/mol. The third-order valence-corrected chi connectivity index (χ3v) is 3.72. The lowest BCUT2D eigenvalue weighted by molar-refractivity contribution is 0.414. The molecule has 0 aliphatic heterocycles. The molecule has 0 saturated heterocycles. The SMILES string of the molecule is COc1ccc(-c2cn(-c3ccc(N)cc3Cl)nn2)c(C)c1. The van der Waals surface area contributed by atoms with Gasteiger partial charge in [0.05, 0.1) is 24.0 Å². The zero-order valence-corrected chi connectivity index (χ0v) is 13.0. The molecule has 2 N–H and O–H groups in total. The fraction of sp³-hybridized carbons (Fsp3) is 0.125. The lowest BCUT2D eigenvalue weighted by Gasteiger charge is -2.05. The highest BCUT2D eigenvalue weighted by Crippen LogP contribution is 2.27. The maximum Gasteiger partial charge on any atom is 0.119 e. The number of nitrogens with two attached hydrogens (primary N) is 1. The summed E-state index contributed by atoms with van der Waals surface area (Å²) in [5.74, 6) is 0.815. The van der Waals surface area contributed by atoms with E-state index in [-0.39, 0.29) is 0 Å². The summed E-state index contributed by atoms with van der Waals surface area (Å²) in [6.45, 7) is 2.01. The number of aryl methyl sites for hydroxylation is 1. The van der Waals surface area contributed by atoms with Crippen LogP contribution >= 0.6 is 11.6 Å². The van der Waals surface area contributed by atoms with Crippen molar-refractivity contribution in [2.24, 2.45) is 0 Å². The number of halogens is 1. The van der Waals surface area contributed by atoms with Crippen molar-refractivity contribution in [3.8, 4) is 22.7 Å². The summed E-state index contributed by atoms with van der Waals surface area (Å²) < 4.78 is 6.86.